The largest absolute Gasteiger partial charge is 0.478 e. The third kappa shape index (κ3) is 3.28. The summed E-state index contributed by atoms with van der Waals surface area (Å²) >= 11 is 0. The normalized spacial score (nSPS) is 17.6. The quantitative estimate of drug-likeness (QED) is 0.767. The number of halogens is 1. The van der Waals surface area contributed by atoms with Gasteiger partial charge in [0.05, 0.1) is 17.2 Å². The molecule has 0 spiro atoms. The summed E-state index contributed by atoms with van der Waals surface area (Å²) < 4.78 is 13.2. The molecule has 1 saturated heterocycles. The van der Waals surface area contributed by atoms with Crippen LogP contribution in [0.4, 0.5) is 14.9 Å². The highest BCUT2D eigenvalue weighted by Crippen LogP contribution is 2.20. The molecule has 0 bridgehead atoms. The van der Waals surface area contributed by atoms with Gasteiger partial charge in [-0.25, -0.2) is 14.0 Å². The van der Waals surface area contributed by atoms with E-state index in [9.17, 15) is 18.8 Å². The van der Waals surface area contributed by atoms with E-state index in [-0.39, 0.29) is 17.8 Å². The maximum atomic E-state index is 13.2. The van der Waals surface area contributed by atoms with E-state index in [1.165, 1.54) is 4.90 Å². The van der Waals surface area contributed by atoms with Gasteiger partial charge in [-0.15, -0.1) is 0 Å². The molecular weight excluding hydrogens is 281 g/mol. The number of hydrogen-bond donors (Lipinski definition) is 3. The van der Waals surface area contributed by atoms with Crippen LogP contribution < -0.4 is 11.1 Å². The van der Waals surface area contributed by atoms with Gasteiger partial charge in [0.25, 0.3) is 0 Å². The van der Waals surface area contributed by atoms with E-state index in [0.29, 0.717) is 13.0 Å². The molecule has 1 aromatic rings. The molecule has 1 aliphatic rings. The Kier molecular flexibility index (Phi) is 4.06. The van der Waals surface area contributed by atoms with Crippen molar-refractivity contribution in [3.63, 3.8) is 0 Å². The second-order valence-corrected chi connectivity index (χ2v) is 4.76. The van der Waals surface area contributed by atoms with E-state index in [1.807, 2.05) is 0 Å². The zero-order valence-electron chi connectivity index (χ0n) is 11.0. The number of benzene rings is 1. The van der Waals surface area contributed by atoms with Crippen LogP contribution in [0.1, 0.15) is 16.8 Å². The van der Waals surface area contributed by atoms with Crippen molar-refractivity contribution in [1.29, 1.82) is 0 Å². The minimum Gasteiger partial charge on any atom is -0.478 e. The summed E-state index contributed by atoms with van der Waals surface area (Å²) in [7, 11) is 0. The summed E-state index contributed by atoms with van der Waals surface area (Å²) in [6, 6.07) is 2.41. The number of nitrogens with two attached hydrogens (primary N) is 1. The Labute approximate surface area is 119 Å². The van der Waals surface area contributed by atoms with E-state index in [4.69, 9.17) is 10.8 Å². The molecule has 0 aliphatic carbocycles. The predicted molar refractivity (Wildman–Crippen MR) is 71.3 cm³/mol. The number of carbonyl (C=O) groups excluding carboxylic acids is 2. The molecule has 21 heavy (non-hydrogen) atoms. The van der Waals surface area contributed by atoms with Gasteiger partial charge in [-0.2, -0.15) is 0 Å². The van der Waals surface area contributed by atoms with Crippen LogP contribution >= 0.6 is 0 Å². The Morgan fingerprint density at radius 3 is 2.67 bits per heavy atom. The number of anilines is 1. The number of rotatable bonds is 3. The van der Waals surface area contributed by atoms with E-state index in [1.54, 1.807) is 0 Å². The number of aromatic carboxylic acids is 1. The van der Waals surface area contributed by atoms with Crippen molar-refractivity contribution in [3.8, 4) is 0 Å². The van der Waals surface area contributed by atoms with Gasteiger partial charge in [-0.3, -0.25) is 4.79 Å². The van der Waals surface area contributed by atoms with Gasteiger partial charge in [-0.1, -0.05) is 0 Å². The number of nitrogens with one attached hydrogen (secondary N) is 1. The van der Waals surface area contributed by atoms with Gasteiger partial charge < -0.3 is 21.1 Å². The van der Waals surface area contributed by atoms with Gasteiger partial charge >= 0.3 is 12.0 Å². The average Bonchev–Trinajstić information content (AvgIpc) is 2.88. The molecule has 0 radical (unpaired) electrons. The molecule has 1 unspecified atom stereocenters. The number of urea groups is 1. The maximum absolute atomic E-state index is 13.2. The number of carbonyl (C=O) groups is 3. The molecule has 7 nitrogen and oxygen atoms in total. The molecular formula is C13H14FN3O4. The third-order valence-corrected chi connectivity index (χ3v) is 3.33. The Bertz CT molecular complexity index is 605. The number of amides is 3. The third-order valence-electron chi connectivity index (χ3n) is 3.33. The van der Waals surface area contributed by atoms with Crippen molar-refractivity contribution in [2.75, 3.05) is 18.4 Å². The van der Waals surface area contributed by atoms with Crippen molar-refractivity contribution in [2.45, 2.75) is 6.42 Å². The number of hydrogen-bond acceptors (Lipinski definition) is 3. The van der Waals surface area contributed by atoms with Crippen molar-refractivity contribution < 1.29 is 23.9 Å². The first-order valence-corrected chi connectivity index (χ1v) is 6.26. The van der Waals surface area contributed by atoms with Crippen LogP contribution in [0.3, 0.4) is 0 Å². The maximum Gasteiger partial charge on any atom is 0.337 e. The van der Waals surface area contributed by atoms with Crippen molar-refractivity contribution >= 4 is 23.6 Å². The smallest absolute Gasteiger partial charge is 0.337 e. The molecule has 0 aromatic heterocycles. The monoisotopic (exact) mass is 295 g/mol. The van der Waals surface area contributed by atoms with Crippen LogP contribution in [0.2, 0.25) is 0 Å². The van der Waals surface area contributed by atoms with Gasteiger partial charge in [-0.05, 0) is 24.6 Å². The summed E-state index contributed by atoms with van der Waals surface area (Å²) in [5.74, 6) is -2.84. The number of likely N-dealkylation sites (tertiary alicyclic amines) is 1. The Morgan fingerprint density at radius 1 is 1.38 bits per heavy atom. The molecule has 112 valence electrons. The lowest BCUT2D eigenvalue weighted by Crippen LogP contribution is -2.35. The first kappa shape index (κ1) is 14.8. The van der Waals surface area contributed by atoms with Crippen LogP contribution in [0, 0.1) is 11.7 Å². The van der Waals surface area contributed by atoms with Gasteiger partial charge in [0.2, 0.25) is 5.91 Å². The highest BCUT2D eigenvalue weighted by atomic mass is 19.1. The Hall–Kier alpha value is -2.64. The van der Waals surface area contributed by atoms with Crippen molar-refractivity contribution in [3.05, 3.63) is 29.6 Å². The molecule has 1 atom stereocenters. The average molecular weight is 295 g/mol. The molecule has 1 fully saturated rings. The van der Waals surface area contributed by atoms with Crippen LogP contribution in [-0.2, 0) is 4.79 Å². The first-order chi connectivity index (χ1) is 9.88. The minimum atomic E-state index is -1.28. The van der Waals surface area contributed by atoms with Gasteiger partial charge in [0.15, 0.2) is 0 Å². The fourth-order valence-electron chi connectivity index (χ4n) is 2.18. The van der Waals surface area contributed by atoms with E-state index in [0.717, 1.165) is 18.2 Å². The Balaban J connectivity index is 2.12. The van der Waals surface area contributed by atoms with E-state index >= 15 is 0 Å². The van der Waals surface area contributed by atoms with Crippen molar-refractivity contribution in [2.24, 2.45) is 11.7 Å². The summed E-state index contributed by atoms with van der Waals surface area (Å²) in [4.78, 5) is 35.4. The van der Waals surface area contributed by atoms with E-state index in [2.05, 4.69) is 5.32 Å². The van der Waals surface area contributed by atoms with Crippen LogP contribution in [0.5, 0.6) is 0 Å². The lowest BCUT2D eigenvalue weighted by atomic mass is 10.1. The first-order valence-electron chi connectivity index (χ1n) is 6.26. The number of nitrogens with zero attached hydrogens (tertiary/aromatic N) is 1. The lowest BCUT2D eigenvalue weighted by molar-refractivity contribution is -0.121. The van der Waals surface area contributed by atoms with E-state index < -0.39 is 29.6 Å². The summed E-state index contributed by atoms with van der Waals surface area (Å²) in [6.45, 7) is 0.496. The molecule has 8 heteroatoms. The molecule has 4 N–H and O–H groups in total. The zero-order chi connectivity index (χ0) is 15.6. The highest BCUT2D eigenvalue weighted by molar-refractivity contribution is 6.00. The molecule has 1 heterocycles. The standard InChI is InChI=1S/C13H14FN3O4/c14-8-1-2-9(12(19)20)10(5-8)16-13(21)17-4-3-7(6-17)11(15)18/h1-2,5,7H,3-4,6H2,(H2,15,18)(H,16,21)(H,19,20). The SMILES string of the molecule is NC(=O)C1CCN(C(=O)Nc2cc(F)ccc2C(=O)O)C1. The minimum absolute atomic E-state index is 0.130. The summed E-state index contributed by atoms with van der Waals surface area (Å²) in [6.07, 6.45) is 0.456. The molecule has 1 aliphatic heterocycles. The Morgan fingerprint density at radius 2 is 2.10 bits per heavy atom. The van der Waals surface area contributed by atoms with Crippen LogP contribution in [-0.4, -0.2) is 41.0 Å². The van der Waals surface area contributed by atoms with Crippen LogP contribution in [0.25, 0.3) is 0 Å². The molecule has 3 amide bonds. The second-order valence-electron chi connectivity index (χ2n) is 4.76. The number of primary amides is 1. The van der Waals surface area contributed by atoms with Gasteiger partial charge in [0.1, 0.15) is 5.82 Å². The fourth-order valence-corrected chi connectivity index (χ4v) is 2.18. The number of carboxylic acid groups (broad SMARTS) is 1. The van der Waals surface area contributed by atoms with Crippen LogP contribution in [0.15, 0.2) is 18.2 Å². The lowest BCUT2D eigenvalue weighted by Gasteiger charge is -2.17. The molecule has 2 rings (SSSR count). The fraction of sp³-hybridized carbons (Fsp3) is 0.308. The summed E-state index contributed by atoms with van der Waals surface area (Å²) in [5, 5.41) is 11.3. The summed E-state index contributed by atoms with van der Waals surface area (Å²) in [5.41, 5.74) is 4.83. The number of carboxylic acids is 1. The zero-order valence-corrected chi connectivity index (χ0v) is 11.0. The van der Waals surface area contributed by atoms with Crippen molar-refractivity contribution in [1.82, 2.24) is 4.90 Å². The highest BCUT2D eigenvalue weighted by Gasteiger charge is 2.30. The topological polar surface area (TPSA) is 113 Å². The molecule has 1 aromatic carbocycles. The molecule has 0 saturated carbocycles. The van der Waals surface area contributed by atoms with Gasteiger partial charge in [0, 0.05) is 13.1 Å². The second kappa shape index (κ2) is 5.78. The predicted octanol–water partition coefficient (Wildman–Crippen LogP) is 0.863.